The third-order valence-electron chi connectivity index (χ3n) is 3.41. The number of aromatic nitrogens is 4. The fraction of sp³-hybridized carbons (Fsp3) is 0.200. The van der Waals surface area contributed by atoms with Crippen LogP contribution in [-0.2, 0) is 27.6 Å². The molecule has 3 aromatic rings. The van der Waals surface area contributed by atoms with Crippen molar-refractivity contribution in [2.45, 2.75) is 20.4 Å². The molecule has 2 aromatic carbocycles. The van der Waals surface area contributed by atoms with Crippen molar-refractivity contribution in [1.82, 2.24) is 20.2 Å². The molecule has 112 valence electrons. The van der Waals surface area contributed by atoms with E-state index < -0.39 is 0 Å². The monoisotopic (exact) mass is 464 g/mol. The summed E-state index contributed by atoms with van der Waals surface area (Å²) in [5, 5.41) is 15.9. The molecule has 0 unspecified atom stereocenters. The molecule has 0 saturated carbocycles. The van der Waals surface area contributed by atoms with Crippen LogP contribution in [0.25, 0.3) is 10.8 Å². The van der Waals surface area contributed by atoms with E-state index in [1.807, 2.05) is 38.1 Å². The van der Waals surface area contributed by atoms with Crippen LogP contribution in [0.1, 0.15) is 22.8 Å². The SMILES string of the molecule is CCn1nnnc1NC(=O)c1c[c-]c2ccccc2c1C.[W]. The van der Waals surface area contributed by atoms with Crippen LogP contribution >= 0.6 is 0 Å². The molecule has 0 atom stereocenters. The Balaban J connectivity index is 0.00000176. The van der Waals surface area contributed by atoms with Gasteiger partial charge in [-0.15, -0.1) is 40.6 Å². The van der Waals surface area contributed by atoms with Gasteiger partial charge < -0.3 is 0 Å². The maximum absolute atomic E-state index is 12.4. The average molecular weight is 464 g/mol. The second kappa shape index (κ2) is 6.79. The van der Waals surface area contributed by atoms with Crippen molar-refractivity contribution >= 4 is 22.6 Å². The number of benzene rings is 2. The Bertz CT molecular complexity index is 815. The van der Waals surface area contributed by atoms with Gasteiger partial charge in [0.2, 0.25) is 11.9 Å². The topological polar surface area (TPSA) is 72.7 Å². The van der Waals surface area contributed by atoms with Crippen LogP contribution in [0.5, 0.6) is 0 Å². The fourth-order valence-corrected chi connectivity index (χ4v) is 2.25. The molecular weight excluding hydrogens is 450 g/mol. The van der Waals surface area contributed by atoms with Crippen LogP contribution in [0, 0.1) is 13.0 Å². The summed E-state index contributed by atoms with van der Waals surface area (Å²) >= 11 is 0. The summed E-state index contributed by atoms with van der Waals surface area (Å²) in [6.07, 6.45) is 0. The molecule has 0 aliphatic carbocycles. The van der Waals surface area contributed by atoms with Gasteiger partial charge in [-0.2, -0.15) is 0 Å². The van der Waals surface area contributed by atoms with Gasteiger partial charge in [-0.3, -0.25) is 10.1 Å². The summed E-state index contributed by atoms with van der Waals surface area (Å²) in [4.78, 5) is 12.4. The third kappa shape index (κ3) is 2.92. The Morgan fingerprint density at radius 1 is 1.36 bits per heavy atom. The van der Waals surface area contributed by atoms with Gasteiger partial charge in [-0.25, -0.2) is 4.68 Å². The van der Waals surface area contributed by atoms with Gasteiger partial charge in [0.05, 0.1) is 0 Å². The normalized spacial score (nSPS) is 10.3. The number of aryl methyl sites for hydroxylation is 2. The van der Waals surface area contributed by atoms with E-state index in [-0.39, 0.29) is 27.0 Å². The van der Waals surface area contributed by atoms with E-state index in [9.17, 15) is 4.79 Å². The van der Waals surface area contributed by atoms with E-state index in [1.54, 1.807) is 6.07 Å². The summed E-state index contributed by atoms with van der Waals surface area (Å²) < 4.78 is 1.53. The Morgan fingerprint density at radius 2 is 2.14 bits per heavy atom. The molecule has 1 heterocycles. The quantitative estimate of drug-likeness (QED) is 0.604. The first-order valence-electron chi connectivity index (χ1n) is 6.68. The number of nitrogens with zero attached hydrogens (tertiary/aromatic N) is 4. The molecule has 0 spiro atoms. The maximum Gasteiger partial charge on any atom is 0.249 e. The van der Waals surface area contributed by atoms with Crippen LogP contribution in [0.4, 0.5) is 5.95 Å². The molecule has 0 aliphatic heterocycles. The molecule has 0 saturated heterocycles. The minimum Gasteiger partial charge on any atom is -0.297 e. The van der Waals surface area contributed by atoms with E-state index in [2.05, 4.69) is 26.9 Å². The van der Waals surface area contributed by atoms with Crippen molar-refractivity contribution in [3.63, 3.8) is 0 Å². The molecule has 1 amide bonds. The number of carbonyl (C=O) groups is 1. The first-order valence-corrected chi connectivity index (χ1v) is 6.68. The van der Waals surface area contributed by atoms with Crippen molar-refractivity contribution in [3.05, 3.63) is 47.5 Å². The Hall–Kier alpha value is -2.07. The minimum atomic E-state index is -0.237. The summed E-state index contributed by atoms with van der Waals surface area (Å²) in [5.74, 6) is 0.106. The molecule has 22 heavy (non-hydrogen) atoms. The van der Waals surface area contributed by atoms with Crippen LogP contribution in [0.3, 0.4) is 0 Å². The van der Waals surface area contributed by atoms with E-state index in [0.29, 0.717) is 18.1 Å². The van der Waals surface area contributed by atoms with E-state index in [0.717, 1.165) is 16.3 Å². The summed E-state index contributed by atoms with van der Waals surface area (Å²) in [6.45, 7) is 4.42. The second-order valence-corrected chi connectivity index (χ2v) is 4.65. The van der Waals surface area contributed by atoms with E-state index >= 15 is 0 Å². The van der Waals surface area contributed by atoms with Gasteiger partial charge in [0.25, 0.3) is 0 Å². The van der Waals surface area contributed by atoms with Crippen LogP contribution in [-0.4, -0.2) is 26.1 Å². The largest absolute Gasteiger partial charge is 0.297 e. The van der Waals surface area contributed by atoms with Gasteiger partial charge in [-0.05, 0) is 22.9 Å². The number of fused-ring (bicyclic) bond motifs is 1. The van der Waals surface area contributed by atoms with Crippen molar-refractivity contribution in [2.24, 2.45) is 0 Å². The molecule has 0 radical (unpaired) electrons. The Labute approximate surface area is 142 Å². The number of nitrogens with one attached hydrogen (secondary N) is 1. The summed E-state index contributed by atoms with van der Waals surface area (Å²) in [6, 6.07) is 12.7. The van der Waals surface area contributed by atoms with Crippen molar-refractivity contribution < 1.29 is 25.9 Å². The smallest absolute Gasteiger partial charge is 0.249 e. The zero-order valence-electron chi connectivity index (χ0n) is 12.2. The molecule has 1 aromatic heterocycles. The molecule has 1 N–H and O–H groups in total. The first kappa shape index (κ1) is 16.3. The molecule has 6 nitrogen and oxygen atoms in total. The van der Waals surface area contributed by atoms with E-state index in [4.69, 9.17) is 0 Å². The number of carbonyl (C=O) groups excluding carboxylic acids is 1. The Kier molecular flexibility index (Phi) is 5.03. The Morgan fingerprint density at radius 3 is 2.91 bits per heavy atom. The molecule has 0 bridgehead atoms. The number of amides is 1. The first-order chi connectivity index (χ1) is 10.2. The number of hydrogen-bond acceptors (Lipinski definition) is 4. The molecule has 3 rings (SSSR count). The number of hydrogen-bond donors (Lipinski definition) is 1. The minimum absolute atomic E-state index is 0. The zero-order valence-corrected chi connectivity index (χ0v) is 15.1. The van der Waals surface area contributed by atoms with Gasteiger partial charge in [0.1, 0.15) is 0 Å². The molecule has 0 fully saturated rings. The van der Waals surface area contributed by atoms with Crippen molar-refractivity contribution in [1.29, 1.82) is 0 Å². The van der Waals surface area contributed by atoms with Gasteiger partial charge >= 0.3 is 0 Å². The van der Waals surface area contributed by atoms with E-state index in [1.165, 1.54) is 4.68 Å². The predicted octanol–water partition coefficient (Wildman–Crippen LogP) is 2.20. The van der Waals surface area contributed by atoms with Gasteiger partial charge in [0.15, 0.2) is 0 Å². The average Bonchev–Trinajstić information content (AvgIpc) is 2.95. The van der Waals surface area contributed by atoms with Crippen LogP contribution < -0.4 is 5.32 Å². The number of tetrazole rings is 1. The van der Waals surface area contributed by atoms with Gasteiger partial charge in [0, 0.05) is 27.6 Å². The standard InChI is InChI=1S/C15H14N5O.W/c1-3-20-15(17-18-19-20)16-14(21)13-9-8-11-6-4-5-7-12(11)10(13)2;/h4-7,9H,3H2,1-2H3,(H,16,17,19,21);/q-1;. The third-order valence-corrected chi connectivity index (χ3v) is 3.41. The molecular formula is C15H14N5OW-. The number of anilines is 1. The molecule has 0 aliphatic rings. The summed E-state index contributed by atoms with van der Waals surface area (Å²) in [7, 11) is 0. The van der Waals surface area contributed by atoms with Crippen LogP contribution in [0.2, 0.25) is 0 Å². The maximum atomic E-state index is 12.4. The van der Waals surface area contributed by atoms with Crippen molar-refractivity contribution in [3.8, 4) is 0 Å². The fourth-order valence-electron chi connectivity index (χ4n) is 2.25. The van der Waals surface area contributed by atoms with Crippen LogP contribution in [0.15, 0.2) is 30.3 Å². The number of rotatable bonds is 3. The van der Waals surface area contributed by atoms with Crippen molar-refractivity contribution in [2.75, 3.05) is 5.32 Å². The second-order valence-electron chi connectivity index (χ2n) is 4.65. The molecule has 7 heteroatoms. The summed E-state index contributed by atoms with van der Waals surface area (Å²) in [5.41, 5.74) is 1.48. The van der Waals surface area contributed by atoms with Gasteiger partial charge in [-0.1, -0.05) is 24.2 Å². The zero-order chi connectivity index (χ0) is 14.8. The predicted molar refractivity (Wildman–Crippen MR) is 79.0 cm³/mol.